The highest BCUT2D eigenvalue weighted by Gasteiger charge is 2.26. The van der Waals surface area contributed by atoms with Crippen molar-refractivity contribution in [3.8, 4) is 0 Å². The van der Waals surface area contributed by atoms with Crippen LogP contribution in [0.1, 0.15) is 6.42 Å². The van der Waals surface area contributed by atoms with Crippen LogP contribution < -0.4 is 4.72 Å². The second kappa shape index (κ2) is 6.60. The summed E-state index contributed by atoms with van der Waals surface area (Å²) in [4.78, 5) is 10.3. The third-order valence-electron chi connectivity index (χ3n) is 2.33. The lowest BCUT2D eigenvalue weighted by Crippen LogP contribution is -2.41. The first-order chi connectivity index (χ1) is 8.88. The topological polar surface area (TPSA) is 92.7 Å². The molecule has 0 aliphatic rings. The van der Waals surface area contributed by atoms with Gasteiger partial charge >= 0.3 is 5.97 Å². The molecule has 2 N–H and O–H groups in total. The van der Waals surface area contributed by atoms with E-state index in [1.54, 1.807) is 0 Å². The SMILES string of the molecule is COCCC(NS(=O)(=O)c1ccccc1F)C(=O)O. The highest BCUT2D eigenvalue weighted by atomic mass is 32.2. The highest BCUT2D eigenvalue weighted by Crippen LogP contribution is 2.14. The standard InChI is InChI=1S/C11H14FNO5S/c1-18-7-6-9(11(14)15)13-19(16,17)10-5-3-2-4-8(10)12/h2-5,9,13H,6-7H2,1H3,(H,14,15). The first kappa shape index (κ1) is 15.5. The van der Waals surface area contributed by atoms with E-state index in [2.05, 4.69) is 0 Å². The minimum atomic E-state index is -4.23. The Morgan fingerprint density at radius 2 is 2.11 bits per heavy atom. The van der Waals surface area contributed by atoms with E-state index >= 15 is 0 Å². The number of sulfonamides is 1. The van der Waals surface area contributed by atoms with E-state index in [1.165, 1.54) is 19.2 Å². The summed E-state index contributed by atoms with van der Waals surface area (Å²) in [7, 11) is -2.86. The normalized spacial score (nSPS) is 13.2. The third-order valence-corrected chi connectivity index (χ3v) is 3.84. The molecule has 1 atom stereocenters. The number of benzene rings is 1. The molecule has 0 spiro atoms. The number of nitrogens with one attached hydrogen (secondary N) is 1. The number of methoxy groups -OCH3 is 1. The van der Waals surface area contributed by atoms with Crippen molar-refractivity contribution in [2.75, 3.05) is 13.7 Å². The molecule has 0 radical (unpaired) electrons. The average molecular weight is 291 g/mol. The third kappa shape index (κ3) is 4.27. The minimum absolute atomic E-state index is 0.0560. The summed E-state index contributed by atoms with van der Waals surface area (Å²) < 4.78 is 43.8. The molecule has 1 unspecified atom stereocenters. The molecule has 1 aromatic carbocycles. The summed E-state index contributed by atoms with van der Waals surface area (Å²) in [5, 5.41) is 8.90. The molecule has 8 heteroatoms. The first-order valence-electron chi connectivity index (χ1n) is 5.37. The van der Waals surface area contributed by atoms with Crippen molar-refractivity contribution in [2.24, 2.45) is 0 Å². The molecular formula is C11H14FNO5S. The Morgan fingerprint density at radius 3 is 2.63 bits per heavy atom. The molecule has 0 fully saturated rings. The smallest absolute Gasteiger partial charge is 0.321 e. The Bertz CT molecular complexity index is 546. The zero-order chi connectivity index (χ0) is 14.5. The van der Waals surface area contributed by atoms with Crippen LogP contribution in [0.15, 0.2) is 29.2 Å². The van der Waals surface area contributed by atoms with E-state index in [4.69, 9.17) is 9.84 Å². The van der Waals surface area contributed by atoms with Crippen molar-refractivity contribution in [2.45, 2.75) is 17.4 Å². The van der Waals surface area contributed by atoms with E-state index in [9.17, 15) is 17.6 Å². The molecule has 106 valence electrons. The zero-order valence-electron chi connectivity index (χ0n) is 10.2. The van der Waals surface area contributed by atoms with E-state index in [0.717, 1.165) is 12.1 Å². The Balaban J connectivity index is 2.95. The van der Waals surface area contributed by atoms with Gasteiger partial charge in [0.15, 0.2) is 0 Å². The van der Waals surface area contributed by atoms with Gasteiger partial charge in [-0.05, 0) is 18.6 Å². The number of hydrogen-bond donors (Lipinski definition) is 2. The van der Waals surface area contributed by atoms with Gasteiger partial charge in [-0.15, -0.1) is 0 Å². The van der Waals surface area contributed by atoms with E-state index in [-0.39, 0.29) is 13.0 Å². The van der Waals surface area contributed by atoms with Gasteiger partial charge in [-0.1, -0.05) is 12.1 Å². The Hall–Kier alpha value is -1.51. The van der Waals surface area contributed by atoms with Gasteiger partial charge in [0.05, 0.1) is 0 Å². The van der Waals surface area contributed by atoms with Crippen LogP contribution in [0.4, 0.5) is 4.39 Å². The van der Waals surface area contributed by atoms with Crippen molar-refractivity contribution in [3.63, 3.8) is 0 Å². The Kier molecular flexibility index (Phi) is 5.40. The number of carbonyl (C=O) groups is 1. The summed E-state index contributed by atoms with van der Waals surface area (Å²) >= 11 is 0. The molecule has 19 heavy (non-hydrogen) atoms. The zero-order valence-corrected chi connectivity index (χ0v) is 11.0. The van der Waals surface area contributed by atoms with Gasteiger partial charge in [0, 0.05) is 13.7 Å². The largest absolute Gasteiger partial charge is 0.480 e. The second-order valence-electron chi connectivity index (χ2n) is 3.72. The van der Waals surface area contributed by atoms with Crippen LogP contribution in [0.5, 0.6) is 0 Å². The number of rotatable bonds is 7. The molecule has 0 heterocycles. The number of halogens is 1. The molecule has 0 bridgehead atoms. The van der Waals surface area contributed by atoms with Crippen LogP contribution in [-0.2, 0) is 19.6 Å². The predicted molar refractivity (Wildman–Crippen MR) is 64.6 cm³/mol. The van der Waals surface area contributed by atoms with Crippen molar-refractivity contribution < 1.29 is 27.4 Å². The van der Waals surface area contributed by atoms with Gasteiger partial charge in [0.2, 0.25) is 10.0 Å². The lowest BCUT2D eigenvalue weighted by molar-refractivity contribution is -0.139. The van der Waals surface area contributed by atoms with E-state index in [1.807, 2.05) is 4.72 Å². The van der Waals surface area contributed by atoms with E-state index in [0.29, 0.717) is 0 Å². The fourth-order valence-electron chi connectivity index (χ4n) is 1.38. The summed E-state index contributed by atoms with van der Waals surface area (Å²) in [6.07, 6.45) is -0.0560. The maximum absolute atomic E-state index is 13.4. The fourth-order valence-corrected chi connectivity index (χ4v) is 2.68. The summed E-state index contributed by atoms with van der Waals surface area (Å²) in [6, 6.07) is 3.37. The molecule has 0 amide bonds. The van der Waals surface area contributed by atoms with Crippen molar-refractivity contribution in [3.05, 3.63) is 30.1 Å². The monoisotopic (exact) mass is 291 g/mol. The van der Waals surface area contributed by atoms with Gasteiger partial charge in [0.1, 0.15) is 16.8 Å². The molecular weight excluding hydrogens is 277 g/mol. The van der Waals surface area contributed by atoms with Crippen LogP contribution in [0.2, 0.25) is 0 Å². The van der Waals surface area contributed by atoms with Crippen LogP contribution in [0.3, 0.4) is 0 Å². The first-order valence-corrected chi connectivity index (χ1v) is 6.85. The molecule has 0 saturated carbocycles. The molecule has 0 aliphatic heterocycles. The van der Waals surface area contributed by atoms with Gasteiger partial charge in [-0.25, -0.2) is 12.8 Å². The van der Waals surface area contributed by atoms with Crippen molar-refractivity contribution in [1.82, 2.24) is 4.72 Å². The summed E-state index contributed by atoms with van der Waals surface area (Å²) in [5.41, 5.74) is 0. The number of ether oxygens (including phenoxy) is 1. The number of carboxylic acids is 1. The maximum atomic E-state index is 13.4. The van der Waals surface area contributed by atoms with Crippen LogP contribution >= 0.6 is 0 Å². The second-order valence-corrected chi connectivity index (χ2v) is 5.41. The van der Waals surface area contributed by atoms with Gasteiger partial charge in [0.25, 0.3) is 0 Å². The van der Waals surface area contributed by atoms with Gasteiger partial charge in [-0.3, -0.25) is 4.79 Å². The average Bonchev–Trinajstić information content (AvgIpc) is 2.34. The van der Waals surface area contributed by atoms with Crippen LogP contribution in [0, 0.1) is 5.82 Å². The predicted octanol–water partition coefficient (Wildman–Crippen LogP) is 0.594. The quantitative estimate of drug-likeness (QED) is 0.767. The minimum Gasteiger partial charge on any atom is -0.480 e. The lowest BCUT2D eigenvalue weighted by atomic mass is 10.2. The highest BCUT2D eigenvalue weighted by molar-refractivity contribution is 7.89. The molecule has 0 aliphatic carbocycles. The fraction of sp³-hybridized carbons (Fsp3) is 0.364. The summed E-state index contributed by atoms with van der Waals surface area (Å²) in [5.74, 6) is -2.29. The van der Waals surface area contributed by atoms with E-state index < -0.39 is 32.7 Å². The lowest BCUT2D eigenvalue weighted by Gasteiger charge is -2.14. The Labute approximate surface area is 110 Å². The molecule has 1 rings (SSSR count). The van der Waals surface area contributed by atoms with Crippen LogP contribution in [0.25, 0.3) is 0 Å². The van der Waals surface area contributed by atoms with Gasteiger partial charge < -0.3 is 9.84 Å². The number of hydrogen-bond acceptors (Lipinski definition) is 4. The molecule has 0 aromatic heterocycles. The number of carboxylic acid groups (broad SMARTS) is 1. The molecule has 6 nitrogen and oxygen atoms in total. The van der Waals surface area contributed by atoms with Crippen molar-refractivity contribution >= 4 is 16.0 Å². The summed E-state index contributed by atoms with van der Waals surface area (Å²) in [6.45, 7) is 0.0662. The van der Waals surface area contributed by atoms with Crippen molar-refractivity contribution in [1.29, 1.82) is 0 Å². The number of aliphatic carboxylic acids is 1. The molecule has 0 saturated heterocycles. The van der Waals surface area contributed by atoms with Gasteiger partial charge in [-0.2, -0.15) is 4.72 Å². The molecule has 1 aromatic rings. The Morgan fingerprint density at radius 1 is 1.47 bits per heavy atom. The maximum Gasteiger partial charge on any atom is 0.321 e. The van der Waals surface area contributed by atoms with Crippen LogP contribution in [-0.4, -0.2) is 39.3 Å².